The minimum atomic E-state index is -0.802. The van der Waals surface area contributed by atoms with E-state index in [1.807, 2.05) is 84.9 Å². The molecule has 0 fully saturated rings. The molecule has 0 saturated heterocycles. The standard InChI is InChI=1S/C36H28Cl2N2O5S/c1-3-44-35(42)31-32(24-10-5-4-6-11-24)39-36-40(33(31)25-12-8-13-26(20-25)43-2)34(41)30(46-36)19-22-9-7-14-27(17-22)45-21-23-15-16-28(37)29(38)18-23/h4-20,33H,3,21H2,1-2H3/b30-19+/t33-/m0/s1. The van der Waals surface area contributed by atoms with Gasteiger partial charge in [0, 0.05) is 5.56 Å². The third kappa shape index (κ3) is 6.51. The number of halogens is 2. The third-order valence-electron chi connectivity index (χ3n) is 7.33. The predicted octanol–water partition coefficient (Wildman–Crippen LogP) is 6.83. The molecule has 0 radical (unpaired) electrons. The van der Waals surface area contributed by atoms with Crippen LogP contribution in [0.25, 0.3) is 11.8 Å². The summed E-state index contributed by atoms with van der Waals surface area (Å²) in [6, 6.07) is 28.8. The van der Waals surface area contributed by atoms with E-state index in [-0.39, 0.29) is 17.7 Å². The number of carbonyl (C=O) groups excluding carboxylic acids is 1. The van der Waals surface area contributed by atoms with Gasteiger partial charge in [0.25, 0.3) is 5.56 Å². The molecule has 0 bridgehead atoms. The van der Waals surface area contributed by atoms with E-state index in [9.17, 15) is 9.59 Å². The van der Waals surface area contributed by atoms with E-state index in [0.717, 1.165) is 16.7 Å². The van der Waals surface area contributed by atoms with Gasteiger partial charge >= 0.3 is 5.97 Å². The van der Waals surface area contributed by atoms with Gasteiger partial charge in [0.05, 0.1) is 45.6 Å². The molecular weight excluding hydrogens is 643 g/mol. The van der Waals surface area contributed by atoms with Crippen LogP contribution in [0.1, 0.15) is 35.2 Å². The molecule has 0 spiro atoms. The number of carbonyl (C=O) groups is 1. The minimum absolute atomic E-state index is 0.170. The van der Waals surface area contributed by atoms with Gasteiger partial charge in [-0.1, -0.05) is 95.2 Å². The number of methoxy groups -OCH3 is 1. The van der Waals surface area contributed by atoms with Crippen molar-refractivity contribution in [3.8, 4) is 11.5 Å². The van der Waals surface area contributed by atoms with Crippen LogP contribution in [-0.2, 0) is 16.1 Å². The Morgan fingerprint density at radius 2 is 1.72 bits per heavy atom. The van der Waals surface area contributed by atoms with Crippen molar-refractivity contribution >= 4 is 52.3 Å². The van der Waals surface area contributed by atoms with Gasteiger partial charge in [0.2, 0.25) is 0 Å². The van der Waals surface area contributed by atoms with Crippen molar-refractivity contribution in [2.75, 3.05) is 13.7 Å². The summed E-state index contributed by atoms with van der Waals surface area (Å²) in [4.78, 5) is 33.2. The second-order valence-electron chi connectivity index (χ2n) is 10.3. The lowest BCUT2D eigenvalue weighted by atomic mass is 9.93. The van der Waals surface area contributed by atoms with Gasteiger partial charge < -0.3 is 14.2 Å². The van der Waals surface area contributed by atoms with Crippen molar-refractivity contribution in [2.24, 2.45) is 4.99 Å². The van der Waals surface area contributed by atoms with Crippen LogP contribution in [0.4, 0.5) is 0 Å². The lowest BCUT2D eigenvalue weighted by Crippen LogP contribution is -2.40. The molecule has 5 aromatic rings. The SMILES string of the molecule is CCOC(=O)C1=C(c2ccccc2)N=c2s/c(=C/c3cccc(OCc4ccc(Cl)c(Cl)c4)c3)c(=O)n2[C@H]1c1cccc(OC)c1. The highest BCUT2D eigenvalue weighted by Crippen LogP contribution is 2.36. The average Bonchev–Trinajstić information content (AvgIpc) is 3.39. The van der Waals surface area contributed by atoms with Crippen molar-refractivity contribution in [1.29, 1.82) is 0 Å². The predicted molar refractivity (Wildman–Crippen MR) is 181 cm³/mol. The largest absolute Gasteiger partial charge is 0.497 e. The molecular formula is C36H28Cl2N2O5S. The Hall–Kier alpha value is -4.63. The van der Waals surface area contributed by atoms with Crippen LogP contribution in [0, 0.1) is 0 Å². The summed E-state index contributed by atoms with van der Waals surface area (Å²) in [5, 5.41) is 0.938. The Kier molecular flexibility index (Phi) is 9.40. The van der Waals surface area contributed by atoms with Gasteiger partial charge in [0.1, 0.15) is 18.1 Å². The third-order valence-corrected chi connectivity index (χ3v) is 9.05. The fourth-order valence-corrected chi connectivity index (χ4v) is 6.53. The maximum atomic E-state index is 14.2. The highest BCUT2D eigenvalue weighted by molar-refractivity contribution is 7.07. The summed E-state index contributed by atoms with van der Waals surface area (Å²) in [5.74, 6) is 0.677. The van der Waals surface area contributed by atoms with E-state index in [1.54, 1.807) is 36.8 Å². The summed E-state index contributed by atoms with van der Waals surface area (Å²) < 4.78 is 19.1. The zero-order valence-corrected chi connectivity index (χ0v) is 27.2. The molecule has 46 heavy (non-hydrogen) atoms. The highest BCUT2D eigenvalue weighted by Gasteiger charge is 2.35. The first-order valence-electron chi connectivity index (χ1n) is 14.5. The van der Waals surface area contributed by atoms with Crippen LogP contribution >= 0.6 is 34.5 Å². The molecule has 1 aliphatic heterocycles. The van der Waals surface area contributed by atoms with Gasteiger partial charge in [-0.15, -0.1) is 0 Å². The number of hydrogen-bond donors (Lipinski definition) is 0. The van der Waals surface area contributed by atoms with E-state index in [4.69, 9.17) is 42.4 Å². The van der Waals surface area contributed by atoms with Gasteiger partial charge in [-0.2, -0.15) is 0 Å². The van der Waals surface area contributed by atoms with E-state index in [1.165, 1.54) is 11.3 Å². The van der Waals surface area contributed by atoms with Gasteiger partial charge in [-0.25, -0.2) is 9.79 Å². The number of ether oxygens (including phenoxy) is 3. The first-order valence-corrected chi connectivity index (χ1v) is 16.0. The number of fused-ring (bicyclic) bond motifs is 1. The van der Waals surface area contributed by atoms with E-state index in [2.05, 4.69) is 0 Å². The molecule has 0 N–H and O–H groups in total. The van der Waals surface area contributed by atoms with Crippen molar-refractivity contribution in [3.05, 3.63) is 155 Å². The second kappa shape index (κ2) is 13.8. The molecule has 0 saturated carbocycles. The topological polar surface area (TPSA) is 79.1 Å². The summed E-state index contributed by atoms with van der Waals surface area (Å²) >= 11 is 13.4. The molecule has 7 nitrogen and oxygen atoms in total. The number of hydrogen-bond acceptors (Lipinski definition) is 7. The van der Waals surface area contributed by atoms with E-state index in [0.29, 0.717) is 48.7 Å². The number of rotatable bonds is 9. The Morgan fingerprint density at radius 3 is 2.48 bits per heavy atom. The Bertz CT molecular complexity index is 2140. The quantitative estimate of drug-likeness (QED) is 0.161. The maximum Gasteiger partial charge on any atom is 0.338 e. The van der Waals surface area contributed by atoms with Crippen molar-refractivity contribution in [2.45, 2.75) is 19.6 Å². The number of thiazole rings is 1. The average molecular weight is 672 g/mol. The first kappa shape index (κ1) is 31.4. The van der Waals surface area contributed by atoms with Crippen molar-refractivity contribution in [3.63, 3.8) is 0 Å². The number of esters is 1. The van der Waals surface area contributed by atoms with Gasteiger partial charge in [-0.3, -0.25) is 9.36 Å². The van der Waals surface area contributed by atoms with Crippen LogP contribution < -0.4 is 24.4 Å². The second-order valence-corrected chi connectivity index (χ2v) is 12.1. The van der Waals surface area contributed by atoms with Crippen LogP contribution in [0.3, 0.4) is 0 Å². The van der Waals surface area contributed by atoms with E-state index < -0.39 is 12.0 Å². The molecule has 1 atom stereocenters. The molecule has 0 amide bonds. The molecule has 1 aliphatic rings. The summed E-state index contributed by atoms with van der Waals surface area (Å²) in [5.41, 5.74) is 3.52. The Labute approximate surface area is 279 Å². The number of nitrogens with zero attached hydrogens (tertiary/aromatic N) is 2. The molecule has 232 valence electrons. The molecule has 0 unspecified atom stereocenters. The molecule has 0 aliphatic carbocycles. The normalized spacial score (nSPS) is 14.4. The summed E-state index contributed by atoms with van der Waals surface area (Å²) in [6.07, 6.45) is 1.80. The Balaban J connectivity index is 1.47. The fourth-order valence-electron chi connectivity index (χ4n) is 5.21. The highest BCUT2D eigenvalue weighted by atomic mass is 35.5. The lowest BCUT2D eigenvalue weighted by molar-refractivity contribution is -0.138. The number of aromatic nitrogens is 1. The lowest BCUT2D eigenvalue weighted by Gasteiger charge is -2.26. The molecule has 10 heteroatoms. The Morgan fingerprint density at radius 1 is 0.935 bits per heavy atom. The monoisotopic (exact) mass is 670 g/mol. The minimum Gasteiger partial charge on any atom is -0.497 e. The summed E-state index contributed by atoms with van der Waals surface area (Å²) in [7, 11) is 1.57. The zero-order valence-electron chi connectivity index (χ0n) is 24.9. The molecule has 2 heterocycles. The fraction of sp³-hybridized carbons (Fsp3) is 0.139. The van der Waals surface area contributed by atoms with Crippen LogP contribution in [0.2, 0.25) is 10.0 Å². The van der Waals surface area contributed by atoms with Crippen molar-refractivity contribution in [1.82, 2.24) is 4.57 Å². The summed E-state index contributed by atoms with van der Waals surface area (Å²) in [6.45, 7) is 2.21. The maximum absolute atomic E-state index is 14.2. The van der Waals surface area contributed by atoms with Crippen LogP contribution in [0.15, 0.2) is 112 Å². The van der Waals surface area contributed by atoms with Gasteiger partial charge in [-0.05, 0) is 66.1 Å². The van der Waals surface area contributed by atoms with Crippen LogP contribution in [0.5, 0.6) is 11.5 Å². The van der Waals surface area contributed by atoms with Crippen molar-refractivity contribution < 1.29 is 19.0 Å². The van der Waals surface area contributed by atoms with Gasteiger partial charge in [0.15, 0.2) is 4.80 Å². The molecule has 6 rings (SSSR count). The number of benzene rings is 4. The smallest absolute Gasteiger partial charge is 0.338 e. The first-order chi connectivity index (χ1) is 22.4. The molecule has 1 aromatic heterocycles. The molecule has 4 aromatic carbocycles. The zero-order chi connectivity index (χ0) is 32.2. The van der Waals surface area contributed by atoms with Crippen LogP contribution in [-0.4, -0.2) is 24.3 Å². The van der Waals surface area contributed by atoms with E-state index >= 15 is 0 Å².